The number of hydrogen-bond acceptors (Lipinski definition) is 4. The highest BCUT2D eigenvalue weighted by atomic mass is 16.5. The molecule has 2 amide bonds. The van der Waals surface area contributed by atoms with E-state index in [2.05, 4.69) is 31.1 Å². The van der Waals surface area contributed by atoms with Crippen LogP contribution in [0.15, 0.2) is 42.6 Å². The van der Waals surface area contributed by atoms with Gasteiger partial charge in [0.15, 0.2) is 6.61 Å². The zero-order valence-corrected chi connectivity index (χ0v) is 13.9. The van der Waals surface area contributed by atoms with E-state index in [1.54, 1.807) is 24.4 Å². The molecule has 0 unspecified atom stereocenters. The molecule has 0 atom stereocenters. The van der Waals surface area contributed by atoms with Gasteiger partial charge >= 0.3 is 5.97 Å². The summed E-state index contributed by atoms with van der Waals surface area (Å²) in [4.78, 5) is 38.0. The van der Waals surface area contributed by atoms with Crippen LogP contribution in [0.2, 0.25) is 0 Å². The first-order valence-electron chi connectivity index (χ1n) is 7.52. The summed E-state index contributed by atoms with van der Waals surface area (Å²) in [6.07, 6.45) is 1.57. The van der Waals surface area contributed by atoms with Crippen molar-refractivity contribution in [3.8, 4) is 0 Å². The first-order chi connectivity index (χ1) is 11.3. The summed E-state index contributed by atoms with van der Waals surface area (Å²) in [5.74, 6) is -1.87. The minimum absolute atomic E-state index is 0.0170. The number of aromatic amines is 1. The van der Waals surface area contributed by atoms with Gasteiger partial charge in [-0.05, 0) is 35.2 Å². The molecule has 2 rings (SSSR count). The Kier molecular flexibility index (Phi) is 5.18. The number of benzene rings is 1. The van der Waals surface area contributed by atoms with E-state index in [4.69, 9.17) is 4.74 Å². The molecular formula is C18H20N2O4. The summed E-state index contributed by atoms with van der Waals surface area (Å²) >= 11 is 0. The maximum atomic E-state index is 12.0. The number of esters is 1. The van der Waals surface area contributed by atoms with Crippen LogP contribution in [0.25, 0.3) is 0 Å². The van der Waals surface area contributed by atoms with Crippen molar-refractivity contribution < 1.29 is 19.1 Å². The third-order valence-electron chi connectivity index (χ3n) is 3.42. The van der Waals surface area contributed by atoms with Crippen LogP contribution in [-0.2, 0) is 14.9 Å². The number of aromatic nitrogens is 1. The number of amides is 2. The predicted octanol–water partition coefficient (Wildman–Crippen LogP) is 2.43. The molecule has 6 heteroatoms. The van der Waals surface area contributed by atoms with Crippen molar-refractivity contribution in [1.29, 1.82) is 0 Å². The van der Waals surface area contributed by atoms with Crippen molar-refractivity contribution in [3.05, 3.63) is 59.4 Å². The van der Waals surface area contributed by atoms with Crippen LogP contribution in [0.3, 0.4) is 0 Å². The molecule has 24 heavy (non-hydrogen) atoms. The molecule has 0 spiro atoms. The maximum absolute atomic E-state index is 12.0. The van der Waals surface area contributed by atoms with Crippen LogP contribution in [0.1, 0.15) is 47.2 Å². The van der Waals surface area contributed by atoms with Crippen molar-refractivity contribution >= 4 is 17.8 Å². The van der Waals surface area contributed by atoms with Crippen LogP contribution < -0.4 is 5.32 Å². The minimum Gasteiger partial charge on any atom is -0.451 e. The fourth-order valence-electron chi connectivity index (χ4n) is 2.02. The summed E-state index contributed by atoms with van der Waals surface area (Å²) in [7, 11) is 0. The molecule has 0 aliphatic heterocycles. The summed E-state index contributed by atoms with van der Waals surface area (Å²) in [5.41, 5.74) is 1.68. The van der Waals surface area contributed by atoms with Crippen LogP contribution >= 0.6 is 0 Å². The smallest absolute Gasteiger partial charge is 0.355 e. The number of nitrogens with one attached hydrogen (secondary N) is 2. The number of H-pyrrole nitrogens is 1. The summed E-state index contributed by atoms with van der Waals surface area (Å²) in [6.45, 7) is 5.70. The van der Waals surface area contributed by atoms with Gasteiger partial charge in [-0.2, -0.15) is 0 Å². The Balaban J connectivity index is 1.87. The molecule has 2 N–H and O–H groups in total. The predicted molar refractivity (Wildman–Crippen MR) is 88.7 cm³/mol. The van der Waals surface area contributed by atoms with Crippen molar-refractivity contribution in [2.75, 3.05) is 6.61 Å². The number of rotatable bonds is 4. The zero-order valence-electron chi connectivity index (χ0n) is 13.9. The molecule has 0 fully saturated rings. The average molecular weight is 328 g/mol. The van der Waals surface area contributed by atoms with Crippen molar-refractivity contribution in [2.45, 2.75) is 26.2 Å². The second-order valence-corrected chi connectivity index (χ2v) is 6.36. The summed E-state index contributed by atoms with van der Waals surface area (Å²) in [5, 5.41) is 2.19. The highest BCUT2D eigenvalue weighted by Crippen LogP contribution is 2.22. The summed E-state index contributed by atoms with van der Waals surface area (Å²) in [6, 6.07) is 10.2. The van der Waals surface area contributed by atoms with Gasteiger partial charge in [0.1, 0.15) is 5.69 Å². The van der Waals surface area contributed by atoms with E-state index in [-0.39, 0.29) is 11.1 Å². The SMILES string of the molecule is CC(C)(C)c1ccc(C(=O)NC(=O)COC(=O)c2ccc[nH]2)cc1. The Labute approximate surface area is 140 Å². The normalized spacial score (nSPS) is 11.0. The number of ether oxygens (including phenoxy) is 1. The van der Waals surface area contributed by atoms with Crippen LogP contribution in [0, 0.1) is 0 Å². The molecule has 0 saturated carbocycles. The molecule has 2 aromatic rings. The van der Waals surface area contributed by atoms with E-state index in [1.807, 2.05) is 12.1 Å². The van der Waals surface area contributed by atoms with Crippen LogP contribution in [0.4, 0.5) is 0 Å². The highest BCUT2D eigenvalue weighted by Gasteiger charge is 2.16. The molecule has 1 aromatic heterocycles. The quantitative estimate of drug-likeness (QED) is 0.844. The molecular weight excluding hydrogens is 308 g/mol. The van der Waals surface area contributed by atoms with Gasteiger partial charge in [-0.15, -0.1) is 0 Å². The van der Waals surface area contributed by atoms with E-state index < -0.39 is 24.4 Å². The Morgan fingerprint density at radius 2 is 1.75 bits per heavy atom. The van der Waals surface area contributed by atoms with Gasteiger partial charge in [-0.3, -0.25) is 14.9 Å². The third kappa shape index (κ3) is 4.55. The monoisotopic (exact) mass is 328 g/mol. The number of carbonyl (C=O) groups excluding carboxylic acids is 3. The van der Waals surface area contributed by atoms with Gasteiger partial charge in [-0.25, -0.2) is 4.79 Å². The molecule has 6 nitrogen and oxygen atoms in total. The lowest BCUT2D eigenvalue weighted by Crippen LogP contribution is -2.34. The lowest BCUT2D eigenvalue weighted by molar-refractivity contribution is -0.123. The third-order valence-corrected chi connectivity index (χ3v) is 3.42. The molecule has 1 aromatic carbocycles. The Bertz CT molecular complexity index is 725. The molecule has 0 radical (unpaired) electrons. The van der Waals surface area contributed by atoms with Gasteiger partial charge in [0.2, 0.25) is 0 Å². The minimum atomic E-state index is -0.681. The van der Waals surface area contributed by atoms with Gasteiger partial charge in [0.25, 0.3) is 11.8 Å². The maximum Gasteiger partial charge on any atom is 0.355 e. The van der Waals surface area contributed by atoms with E-state index >= 15 is 0 Å². The molecule has 126 valence electrons. The van der Waals surface area contributed by atoms with Gasteiger partial charge in [0, 0.05) is 11.8 Å². The molecule has 0 bridgehead atoms. The zero-order chi connectivity index (χ0) is 17.7. The standard InChI is InChI=1S/C18H20N2O4/c1-18(2,3)13-8-6-12(7-9-13)16(22)20-15(21)11-24-17(23)14-5-4-10-19-14/h4-10,19H,11H2,1-3H3,(H,20,21,22). The Hall–Kier alpha value is -2.89. The first kappa shape index (κ1) is 17.5. The number of hydrogen-bond donors (Lipinski definition) is 2. The average Bonchev–Trinajstić information content (AvgIpc) is 3.06. The summed E-state index contributed by atoms with van der Waals surface area (Å²) < 4.78 is 4.81. The first-order valence-corrected chi connectivity index (χ1v) is 7.52. The van der Waals surface area contributed by atoms with Gasteiger partial charge in [0.05, 0.1) is 0 Å². The van der Waals surface area contributed by atoms with E-state index in [0.717, 1.165) is 5.56 Å². The molecule has 1 heterocycles. The lowest BCUT2D eigenvalue weighted by atomic mass is 9.87. The van der Waals surface area contributed by atoms with Crippen LogP contribution in [-0.4, -0.2) is 29.4 Å². The van der Waals surface area contributed by atoms with E-state index in [0.29, 0.717) is 5.56 Å². The second kappa shape index (κ2) is 7.12. The topological polar surface area (TPSA) is 88.3 Å². The number of carbonyl (C=O) groups is 3. The second-order valence-electron chi connectivity index (χ2n) is 6.36. The van der Waals surface area contributed by atoms with E-state index in [1.165, 1.54) is 6.07 Å². The largest absolute Gasteiger partial charge is 0.451 e. The van der Waals surface area contributed by atoms with Crippen molar-refractivity contribution in [2.24, 2.45) is 0 Å². The Morgan fingerprint density at radius 1 is 1.08 bits per heavy atom. The fourth-order valence-corrected chi connectivity index (χ4v) is 2.02. The van der Waals surface area contributed by atoms with Crippen molar-refractivity contribution in [3.63, 3.8) is 0 Å². The van der Waals surface area contributed by atoms with Crippen LogP contribution in [0.5, 0.6) is 0 Å². The number of imide groups is 1. The molecule has 0 aliphatic rings. The molecule has 0 aliphatic carbocycles. The van der Waals surface area contributed by atoms with Crippen molar-refractivity contribution in [1.82, 2.24) is 10.3 Å². The van der Waals surface area contributed by atoms with E-state index in [9.17, 15) is 14.4 Å². The highest BCUT2D eigenvalue weighted by molar-refractivity contribution is 6.05. The Morgan fingerprint density at radius 3 is 2.29 bits per heavy atom. The molecule has 0 saturated heterocycles. The van der Waals surface area contributed by atoms with Gasteiger partial charge < -0.3 is 9.72 Å². The van der Waals surface area contributed by atoms with Gasteiger partial charge in [-0.1, -0.05) is 32.9 Å². The lowest BCUT2D eigenvalue weighted by Gasteiger charge is -2.18. The fraction of sp³-hybridized carbons (Fsp3) is 0.278.